The summed E-state index contributed by atoms with van der Waals surface area (Å²) in [4.78, 5) is 14.7. The van der Waals surface area contributed by atoms with E-state index < -0.39 is 0 Å². The second kappa shape index (κ2) is 11.2. The van der Waals surface area contributed by atoms with Crippen LogP contribution in [0.1, 0.15) is 72.1 Å². The summed E-state index contributed by atoms with van der Waals surface area (Å²) in [5.74, 6) is 2.00. The SMILES string of the molecule is CCCCCCS/C=C1/CCCCCN(CC(C)C)C1=O. The highest BCUT2D eigenvalue weighted by molar-refractivity contribution is 8.02. The molecule has 0 aromatic heterocycles. The third-order valence-corrected chi connectivity index (χ3v) is 4.84. The zero-order valence-electron chi connectivity index (χ0n) is 14.2. The first kappa shape index (κ1) is 18.6. The Morgan fingerprint density at radius 3 is 2.71 bits per heavy atom. The van der Waals surface area contributed by atoms with Crippen molar-refractivity contribution in [3.63, 3.8) is 0 Å². The van der Waals surface area contributed by atoms with E-state index in [-0.39, 0.29) is 0 Å². The number of unbranched alkanes of at least 4 members (excludes halogenated alkanes) is 3. The standard InChI is InChI=1S/C18H33NOS/c1-4-5-6-10-13-21-15-17-11-8-7-9-12-19(18(17)20)14-16(2)3/h15-16H,4-14H2,1-3H3/b17-15-. The molecule has 0 radical (unpaired) electrons. The molecule has 0 aromatic carbocycles. The molecule has 1 heterocycles. The van der Waals surface area contributed by atoms with Gasteiger partial charge in [0, 0.05) is 18.7 Å². The average molecular weight is 312 g/mol. The first-order chi connectivity index (χ1) is 10.1. The highest BCUT2D eigenvalue weighted by Crippen LogP contribution is 2.21. The molecule has 1 fully saturated rings. The summed E-state index contributed by atoms with van der Waals surface area (Å²) < 4.78 is 0. The molecule has 0 N–H and O–H groups in total. The van der Waals surface area contributed by atoms with Crippen LogP contribution in [0.15, 0.2) is 11.0 Å². The minimum atomic E-state index is 0.296. The number of likely N-dealkylation sites (tertiary alicyclic amines) is 1. The summed E-state index contributed by atoms with van der Waals surface area (Å²) in [6.45, 7) is 8.47. The Labute approximate surface area is 135 Å². The number of hydrogen-bond donors (Lipinski definition) is 0. The molecule has 2 nitrogen and oxygen atoms in total. The van der Waals surface area contributed by atoms with Crippen molar-refractivity contribution < 1.29 is 4.79 Å². The molecule has 122 valence electrons. The van der Waals surface area contributed by atoms with E-state index in [4.69, 9.17) is 0 Å². The van der Waals surface area contributed by atoms with Crippen LogP contribution in [0.4, 0.5) is 0 Å². The van der Waals surface area contributed by atoms with Gasteiger partial charge in [0.25, 0.3) is 0 Å². The summed E-state index contributed by atoms with van der Waals surface area (Å²) in [6, 6.07) is 0. The number of carbonyl (C=O) groups is 1. The van der Waals surface area contributed by atoms with Crippen LogP contribution >= 0.6 is 11.8 Å². The Morgan fingerprint density at radius 1 is 1.19 bits per heavy atom. The molecule has 1 rings (SSSR count). The van der Waals surface area contributed by atoms with Crippen LogP contribution in [0, 0.1) is 5.92 Å². The summed E-state index contributed by atoms with van der Waals surface area (Å²) in [6.07, 6.45) is 9.76. The molecule has 0 spiro atoms. The highest BCUT2D eigenvalue weighted by atomic mass is 32.2. The van der Waals surface area contributed by atoms with Crippen LogP contribution in [0.3, 0.4) is 0 Å². The lowest BCUT2D eigenvalue weighted by atomic mass is 10.0. The summed E-state index contributed by atoms with van der Waals surface area (Å²) in [7, 11) is 0. The molecular formula is C18H33NOS. The Morgan fingerprint density at radius 2 is 2.00 bits per heavy atom. The second-order valence-electron chi connectivity index (χ2n) is 6.53. The topological polar surface area (TPSA) is 20.3 Å². The number of carbonyl (C=O) groups excluding carboxylic acids is 1. The smallest absolute Gasteiger partial charge is 0.250 e. The van der Waals surface area contributed by atoms with Crippen molar-refractivity contribution in [1.29, 1.82) is 0 Å². The van der Waals surface area contributed by atoms with Gasteiger partial charge in [0.1, 0.15) is 0 Å². The van der Waals surface area contributed by atoms with E-state index in [1.165, 1.54) is 38.5 Å². The maximum atomic E-state index is 12.6. The third kappa shape index (κ3) is 7.94. The Balaban J connectivity index is 2.49. The van der Waals surface area contributed by atoms with Gasteiger partial charge in [0.2, 0.25) is 5.91 Å². The van der Waals surface area contributed by atoms with Gasteiger partial charge in [-0.05, 0) is 42.8 Å². The van der Waals surface area contributed by atoms with Crippen LogP contribution in [-0.4, -0.2) is 29.6 Å². The first-order valence-corrected chi connectivity index (χ1v) is 9.80. The molecule has 21 heavy (non-hydrogen) atoms. The predicted molar refractivity (Wildman–Crippen MR) is 94.6 cm³/mol. The fourth-order valence-electron chi connectivity index (χ4n) is 2.70. The number of rotatable bonds is 8. The largest absolute Gasteiger partial charge is 0.339 e. The van der Waals surface area contributed by atoms with Crippen molar-refractivity contribution in [2.75, 3.05) is 18.8 Å². The maximum absolute atomic E-state index is 12.6. The van der Waals surface area contributed by atoms with E-state index in [0.29, 0.717) is 11.8 Å². The van der Waals surface area contributed by atoms with E-state index in [9.17, 15) is 4.79 Å². The lowest BCUT2D eigenvalue weighted by Crippen LogP contribution is -2.36. The normalized spacial score (nSPS) is 19.1. The number of amides is 1. The van der Waals surface area contributed by atoms with Gasteiger partial charge < -0.3 is 4.90 Å². The average Bonchev–Trinajstić information content (AvgIpc) is 2.44. The quantitative estimate of drug-likeness (QED) is 0.451. The molecule has 1 amide bonds. The van der Waals surface area contributed by atoms with Gasteiger partial charge in [0.05, 0.1) is 0 Å². The lowest BCUT2D eigenvalue weighted by molar-refractivity contribution is -0.128. The molecule has 3 heteroatoms. The van der Waals surface area contributed by atoms with Gasteiger partial charge in [-0.25, -0.2) is 0 Å². The molecule has 1 aliphatic rings. The van der Waals surface area contributed by atoms with E-state index in [1.807, 2.05) is 11.8 Å². The Bertz CT molecular complexity index is 325. The van der Waals surface area contributed by atoms with Crippen LogP contribution in [0.5, 0.6) is 0 Å². The molecule has 0 atom stereocenters. The molecule has 0 unspecified atom stereocenters. The monoisotopic (exact) mass is 311 g/mol. The number of hydrogen-bond acceptors (Lipinski definition) is 2. The number of nitrogens with zero attached hydrogens (tertiary/aromatic N) is 1. The van der Waals surface area contributed by atoms with Crippen LogP contribution in [0.25, 0.3) is 0 Å². The molecule has 0 bridgehead atoms. The fraction of sp³-hybridized carbons (Fsp3) is 0.833. The van der Waals surface area contributed by atoms with E-state index in [0.717, 1.165) is 37.3 Å². The van der Waals surface area contributed by atoms with Gasteiger partial charge in [-0.2, -0.15) is 0 Å². The summed E-state index contributed by atoms with van der Waals surface area (Å²) in [5.41, 5.74) is 1.05. The van der Waals surface area contributed by atoms with E-state index >= 15 is 0 Å². The van der Waals surface area contributed by atoms with Gasteiger partial charge in [-0.3, -0.25) is 4.79 Å². The summed E-state index contributed by atoms with van der Waals surface area (Å²) in [5, 5.41) is 2.16. The third-order valence-electron chi connectivity index (χ3n) is 3.86. The fourth-order valence-corrected chi connectivity index (χ4v) is 3.61. The van der Waals surface area contributed by atoms with E-state index in [2.05, 4.69) is 31.1 Å². The van der Waals surface area contributed by atoms with Gasteiger partial charge in [-0.15, -0.1) is 11.8 Å². The van der Waals surface area contributed by atoms with Crippen molar-refractivity contribution in [3.05, 3.63) is 11.0 Å². The lowest BCUT2D eigenvalue weighted by Gasteiger charge is -2.27. The Kier molecular flexibility index (Phi) is 9.90. The van der Waals surface area contributed by atoms with Crippen LogP contribution in [-0.2, 0) is 4.79 Å². The zero-order chi connectivity index (χ0) is 15.5. The highest BCUT2D eigenvalue weighted by Gasteiger charge is 2.20. The molecule has 1 saturated heterocycles. The van der Waals surface area contributed by atoms with Crippen molar-refractivity contribution in [2.45, 2.75) is 72.1 Å². The minimum absolute atomic E-state index is 0.296. The second-order valence-corrected chi connectivity index (χ2v) is 7.51. The van der Waals surface area contributed by atoms with Crippen LogP contribution < -0.4 is 0 Å². The van der Waals surface area contributed by atoms with E-state index in [1.54, 1.807) is 0 Å². The molecule has 0 aliphatic carbocycles. The van der Waals surface area contributed by atoms with Crippen LogP contribution in [0.2, 0.25) is 0 Å². The predicted octanol–water partition coefficient (Wildman–Crippen LogP) is 5.24. The van der Waals surface area contributed by atoms with Crippen molar-refractivity contribution in [3.8, 4) is 0 Å². The zero-order valence-corrected chi connectivity index (χ0v) is 15.0. The van der Waals surface area contributed by atoms with Crippen molar-refractivity contribution in [2.24, 2.45) is 5.92 Å². The van der Waals surface area contributed by atoms with Crippen molar-refractivity contribution >= 4 is 17.7 Å². The molecular weight excluding hydrogens is 278 g/mol. The van der Waals surface area contributed by atoms with Gasteiger partial charge in [0.15, 0.2) is 0 Å². The number of thioether (sulfide) groups is 1. The van der Waals surface area contributed by atoms with Gasteiger partial charge in [-0.1, -0.05) is 46.5 Å². The first-order valence-electron chi connectivity index (χ1n) is 8.75. The van der Waals surface area contributed by atoms with Gasteiger partial charge >= 0.3 is 0 Å². The molecule has 0 saturated carbocycles. The molecule has 1 aliphatic heterocycles. The molecule has 0 aromatic rings. The minimum Gasteiger partial charge on any atom is -0.339 e. The maximum Gasteiger partial charge on any atom is 0.250 e. The van der Waals surface area contributed by atoms with Crippen molar-refractivity contribution in [1.82, 2.24) is 4.90 Å². The Hall–Kier alpha value is -0.440. The summed E-state index contributed by atoms with van der Waals surface area (Å²) >= 11 is 1.84.